The summed E-state index contributed by atoms with van der Waals surface area (Å²) in [5, 5.41) is 9.53. The molecule has 1 aliphatic rings. The Labute approximate surface area is 115 Å². The first-order valence-corrected chi connectivity index (χ1v) is 7.40. The predicted molar refractivity (Wildman–Crippen MR) is 70.9 cm³/mol. The molecule has 1 aliphatic heterocycles. The minimum absolute atomic E-state index is 0.00940. The Bertz CT molecular complexity index is 388. The first-order valence-electron chi connectivity index (χ1n) is 5.00. The number of aliphatic hydroxyl groups is 1. The van der Waals surface area contributed by atoms with E-state index in [1.165, 1.54) is 11.3 Å². The number of hydrogen-bond donors (Lipinski definition) is 1. The number of carbonyl (C=O) groups is 1. The van der Waals surface area contributed by atoms with Crippen molar-refractivity contribution in [2.45, 2.75) is 18.9 Å². The Morgan fingerprint density at radius 1 is 1.56 bits per heavy atom. The number of thiophene rings is 1. The molecule has 1 N–H and O–H groups in total. The van der Waals surface area contributed by atoms with Gasteiger partial charge in [0.15, 0.2) is 0 Å². The van der Waals surface area contributed by atoms with Gasteiger partial charge in [-0.05, 0) is 50.8 Å². The standard InChI is InChI=1S/C10H11Br2NO2S/c11-7-4-8(16-9(7)12)10(15)13-3-1-2-6(14)5-13/h4,6,14H,1-3,5H2/t6-/m0/s1. The number of carbonyl (C=O) groups excluding carboxylic acids is 1. The molecule has 0 radical (unpaired) electrons. The third-order valence-electron chi connectivity index (χ3n) is 2.54. The molecule has 2 heterocycles. The zero-order chi connectivity index (χ0) is 11.7. The molecule has 3 nitrogen and oxygen atoms in total. The van der Waals surface area contributed by atoms with E-state index < -0.39 is 0 Å². The molecule has 0 saturated carbocycles. The summed E-state index contributed by atoms with van der Waals surface area (Å²) in [4.78, 5) is 14.5. The minimum atomic E-state index is -0.371. The van der Waals surface area contributed by atoms with Gasteiger partial charge in [0.05, 0.1) is 14.8 Å². The van der Waals surface area contributed by atoms with Gasteiger partial charge in [-0.1, -0.05) is 0 Å². The molecule has 0 aromatic carbocycles. The van der Waals surface area contributed by atoms with Crippen molar-refractivity contribution in [1.29, 1.82) is 0 Å². The van der Waals surface area contributed by atoms with E-state index in [1.807, 2.05) is 6.07 Å². The minimum Gasteiger partial charge on any atom is -0.391 e. The molecule has 1 saturated heterocycles. The first-order chi connectivity index (χ1) is 7.58. The van der Waals surface area contributed by atoms with Crippen LogP contribution in [0.1, 0.15) is 22.5 Å². The quantitative estimate of drug-likeness (QED) is 0.827. The number of likely N-dealkylation sites (tertiary alicyclic amines) is 1. The zero-order valence-corrected chi connectivity index (χ0v) is 12.4. The highest BCUT2D eigenvalue weighted by Gasteiger charge is 2.24. The normalized spacial score (nSPS) is 21.2. The topological polar surface area (TPSA) is 40.5 Å². The van der Waals surface area contributed by atoms with Crippen molar-refractivity contribution in [3.05, 3.63) is 19.2 Å². The number of aliphatic hydroxyl groups excluding tert-OH is 1. The van der Waals surface area contributed by atoms with Crippen molar-refractivity contribution in [2.24, 2.45) is 0 Å². The Kier molecular flexibility index (Phi) is 4.05. The van der Waals surface area contributed by atoms with Crippen LogP contribution < -0.4 is 0 Å². The molecule has 6 heteroatoms. The molecule has 88 valence electrons. The highest BCUT2D eigenvalue weighted by atomic mass is 79.9. The van der Waals surface area contributed by atoms with Gasteiger partial charge in [0.2, 0.25) is 0 Å². The lowest BCUT2D eigenvalue weighted by atomic mass is 10.1. The van der Waals surface area contributed by atoms with Crippen LogP contribution in [0.3, 0.4) is 0 Å². The fraction of sp³-hybridized carbons (Fsp3) is 0.500. The molecule has 1 fully saturated rings. The third kappa shape index (κ3) is 2.67. The van der Waals surface area contributed by atoms with Gasteiger partial charge in [-0.25, -0.2) is 0 Å². The molecular formula is C10H11Br2NO2S. The lowest BCUT2D eigenvalue weighted by molar-refractivity contribution is 0.0477. The smallest absolute Gasteiger partial charge is 0.264 e. The number of hydrogen-bond acceptors (Lipinski definition) is 3. The second-order valence-electron chi connectivity index (χ2n) is 3.78. The van der Waals surface area contributed by atoms with Crippen molar-refractivity contribution < 1.29 is 9.90 Å². The monoisotopic (exact) mass is 367 g/mol. The van der Waals surface area contributed by atoms with Crippen LogP contribution in [0.5, 0.6) is 0 Å². The summed E-state index contributed by atoms with van der Waals surface area (Å²) in [6, 6.07) is 1.82. The van der Waals surface area contributed by atoms with Crippen LogP contribution in [0.15, 0.2) is 14.3 Å². The van der Waals surface area contributed by atoms with E-state index in [2.05, 4.69) is 31.9 Å². The zero-order valence-electron chi connectivity index (χ0n) is 8.45. The number of rotatable bonds is 1. The Balaban J connectivity index is 2.12. The number of halogens is 2. The molecule has 0 bridgehead atoms. The Hall–Kier alpha value is 0.0900. The van der Waals surface area contributed by atoms with Gasteiger partial charge < -0.3 is 10.0 Å². The fourth-order valence-electron chi connectivity index (χ4n) is 1.75. The molecule has 16 heavy (non-hydrogen) atoms. The molecule has 1 amide bonds. The Morgan fingerprint density at radius 2 is 2.31 bits per heavy atom. The van der Waals surface area contributed by atoms with Crippen molar-refractivity contribution in [2.75, 3.05) is 13.1 Å². The van der Waals surface area contributed by atoms with Crippen molar-refractivity contribution in [3.8, 4) is 0 Å². The number of nitrogens with zero attached hydrogens (tertiary/aromatic N) is 1. The van der Waals surface area contributed by atoms with Gasteiger partial charge in [0.1, 0.15) is 0 Å². The van der Waals surface area contributed by atoms with Crippen LogP contribution in [0.25, 0.3) is 0 Å². The van der Waals surface area contributed by atoms with Gasteiger partial charge in [-0.3, -0.25) is 4.79 Å². The Morgan fingerprint density at radius 3 is 2.88 bits per heavy atom. The van der Waals surface area contributed by atoms with Gasteiger partial charge in [0.25, 0.3) is 5.91 Å². The maximum atomic E-state index is 12.1. The van der Waals surface area contributed by atoms with Gasteiger partial charge in [0, 0.05) is 17.6 Å². The molecule has 2 rings (SSSR count). The van der Waals surface area contributed by atoms with Crippen LogP contribution >= 0.6 is 43.2 Å². The molecule has 1 aromatic rings. The lowest BCUT2D eigenvalue weighted by Gasteiger charge is -2.29. The van der Waals surface area contributed by atoms with Gasteiger partial charge in [-0.15, -0.1) is 11.3 Å². The molecule has 0 unspecified atom stereocenters. The summed E-state index contributed by atoms with van der Waals surface area (Å²) < 4.78 is 1.83. The summed E-state index contributed by atoms with van der Waals surface area (Å²) in [5.74, 6) is 0.00940. The number of amides is 1. The van der Waals surface area contributed by atoms with E-state index in [1.54, 1.807) is 4.90 Å². The van der Waals surface area contributed by atoms with E-state index in [0.717, 1.165) is 27.6 Å². The second kappa shape index (κ2) is 5.16. The molecule has 0 spiro atoms. The summed E-state index contributed by atoms with van der Waals surface area (Å²) in [6.07, 6.45) is 1.30. The van der Waals surface area contributed by atoms with E-state index in [-0.39, 0.29) is 12.0 Å². The van der Waals surface area contributed by atoms with Crippen molar-refractivity contribution >= 4 is 49.1 Å². The third-order valence-corrected chi connectivity index (χ3v) is 5.78. The van der Waals surface area contributed by atoms with Crippen LogP contribution in [0, 0.1) is 0 Å². The second-order valence-corrected chi connectivity index (χ2v) is 7.00. The predicted octanol–water partition coefficient (Wildman–Crippen LogP) is 2.87. The number of piperidine rings is 1. The highest BCUT2D eigenvalue weighted by molar-refractivity contribution is 9.13. The van der Waals surface area contributed by atoms with Gasteiger partial charge in [-0.2, -0.15) is 0 Å². The SMILES string of the molecule is O=C(c1cc(Br)c(Br)s1)N1CCC[C@H](O)C1. The first kappa shape index (κ1) is 12.5. The van der Waals surface area contributed by atoms with Gasteiger partial charge >= 0.3 is 0 Å². The summed E-state index contributed by atoms with van der Waals surface area (Å²) in [7, 11) is 0. The van der Waals surface area contributed by atoms with Crippen molar-refractivity contribution in [3.63, 3.8) is 0 Å². The average Bonchev–Trinajstić information content (AvgIpc) is 2.58. The van der Waals surface area contributed by atoms with Crippen LogP contribution in [-0.2, 0) is 0 Å². The molecule has 1 aromatic heterocycles. The maximum absolute atomic E-state index is 12.1. The lowest BCUT2D eigenvalue weighted by Crippen LogP contribution is -2.41. The molecular weight excluding hydrogens is 358 g/mol. The largest absolute Gasteiger partial charge is 0.391 e. The van der Waals surface area contributed by atoms with E-state index in [4.69, 9.17) is 0 Å². The maximum Gasteiger partial charge on any atom is 0.264 e. The summed E-state index contributed by atoms with van der Waals surface area (Å²) in [5.41, 5.74) is 0. The van der Waals surface area contributed by atoms with Crippen LogP contribution in [0.2, 0.25) is 0 Å². The van der Waals surface area contributed by atoms with E-state index >= 15 is 0 Å². The van der Waals surface area contributed by atoms with E-state index in [9.17, 15) is 9.90 Å². The van der Waals surface area contributed by atoms with E-state index in [0.29, 0.717) is 11.4 Å². The average molecular weight is 369 g/mol. The van der Waals surface area contributed by atoms with Crippen LogP contribution in [-0.4, -0.2) is 35.1 Å². The summed E-state index contributed by atoms with van der Waals surface area (Å²) >= 11 is 8.15. The highest BCUT2D eigenvalue weighted by Crippen LogP contribution is 2.33. The molecule has 1 atom stereocenters. The number of β-amino-alcohol motifs (C(OH)–C–C–N with tert-alkyl or cyclic N) is 1. The fourth-order valence-corrected chi connectivity index (χ4v) is 3.75. The summed E-state index contributed by atoms with van der Waals surface area (Å²) in [6.45, 7) is 1.19. The van der Waals surface area contributed by atoms with Crippen molar-refractivity contribution in [1.82, 2.24) is 4.90 Å². The van der Waals surface area contributed by atoms with Crippen LogP contribution in [0.4, 0.5) is 0 Å². The molecule has 0 aliphatic carbocycles.